The number of aliphatic hydroxyl groups is 2. The van der Waals surface area contributed by atoms with Crippen LogP contribution in [0.3, 0.4) is 0 Å². The molecule has 1 amide bonds. The van der Waals surface area contributed by atoms with Gasteiger partial charge in [0.2, 0.25) is 0 Å². The number of hydrogen-bond donors (Lipinski definition) is 3. The van der Waals surface area contributed by atoms with Crippen molar-refractivity contribution in [2.24, 2.45) is 0 Å². The van der Waals surface area contributed by atoms with Crippen LogP contribution in [0.2, 0.25) is 0 Å². The third-order valence-corrected chi connectivity index (χ3v) is 5.71. The van der Waals surface area contributed by atoms with Crippen molar-refractivity contribution in [3.05, 3.63) is 77.0 Å². The van der Waals surface area contributed by atoms with E-state index in [2.05, 4.69) is 10.5 Å². The summed E-state index contributed by atoms with van der Waals surface area (Å²) in [6.45, 7) is 3.68. The Kier molecular flexibility index (Phi) is 5.22. The quantitative estimate of drug-likeness (QED) is 0.634. The molecule has 29 heavy (non-hydrogen) atoms. The monoisotopic (exact) mass is 392 g/mol. The van der Waals surface area contributed by atoms with Gasteiger partial charge in [0.1, 0.15) is 23.1 Å². The van der Waals surface area contributed by atoms with Gasteiger partial charge >= 0.3 is 0 Å². The number of aryl methyl sites for hydroxylation is 2. The van der Waals surface area contributed by atoms with Crippen LogP contribution in [-0.4, -0.2) is 39.5 Å². The van der Waals surface area contributed by atoms with Gasteiger partial charge in [-0.25, -0.2) is 0 Å². The molecule has 1 fully saturated rings. The van der Waals surface area contributed by atoms with Gasteiger partial charge in [-0.05, 0) is 31.4 Å². The number of nitrogens with zero attached hydrogens (tertiary/aromatic N) is 1. The lowest BCUT2D eigenvalue weighted by atomic mass is 9.90. The number of carbonyl (C=O) groups excluding carboxylic acids is 1. The minimum absolute atomic E-state index is 0.189. The summed E-state index contributed by atoms with van der Waals surface area (Å²) >= 11 is 0. The summed E-state index contributed by atoms with van der Waals surface area (Å²) in [6.07, 6.45) is -1.57. The smallest absolute Gasteiger partial charge is 0.257 e. The molecule has 1 saturated carbocycles. The van der Waals surface area contributed by atoms with Crippen molar-refractivity contribution < 1.29 is 19.5 Å². The van der Waals surface area contributed by atoms with E-state index in [1.807, 2.05) is 61.5 Å². The van der Waals surface area contributed by atoms with Crippen molar-refractivity contribution in [3.8, 4) is 11.3 Å². The Labute approximate surface area is 169 Å². The molecule has 0 aliphatic heterocycles. The number of nitrogens with one attached hydrogen (secondary N) is 1. The number of aliphatic hydroxyl groups excluding tert-OH is 2. The van der Waals surface area contributed by atoms with Crippen LogP contribution in [0.15, 0.2) is 59.1 Å². The third kappa shape index (κ3) is 3.57. The summed E-state index contributed by atoms with van der Waals surface area (Å²) in [6, 6.07) is 16.6. The largest absolute Gasteiger partial charge is 0.390 e. The molecule has 4 atom stereocenters. The Morgan fingerprint density at radius 2 is 1.76 bits per heavy atom. The van der Waals surface area contributed by atoms with E-state index in [1.54, 1.807) is 6.92 Å². The van der Waals surface area contributed by atoms with Crippen LogP contribution >= 0.6 is 0 Å². The van der Waals surface area contributed by atoms with Crippen LogP contribution in [0.5, 0.6) is 0 Å². The van der Waals surface area contributed by atoms with Gasteiger partial charge in [0.25, 0.3) is 5.91 Å². The summed E-state index contributed by atoms with van der Waals surface area (Å²) in [4.78, 5) is 13.2. The van der Waals surface area contributed by atoms with Crippen molar-refractivity contribution >= 4 is 5.91 Å². The molecule has 1 aliphatic rings. The third-order valence-electron chi connectivity index (χ3n) is 5.71. The predicted octanol–water partition coefficient (Wildman–Crippen LogP) is 2.97. The zero-order chi connectivity index (χ0) is 20.5. The van der Waals surface area contributed by atoms with E-state index >= 15 is 0 Å². The summed E-state index contributed by atoms with van der Waals surface area (Å²) < 4.78 is 5.29. The Hall–Kier alpha value is -2.96. The van der Waals surface area contributed by atoms with E-state index in [9.17, 15) is 15.0 Å². The molecule has 4 unspecified atom stereocenters. The number of aromatic nitrogens is 1. The van der Waals surface area contributed by atoms with Crippen molar-refractivity contribution in [2.75, 3.05) is 0 Å². The molecule has 4 rings (SSSR count). The van der Waals surface area contributed by atoms with Gasteiger partial charge in [-0.3, -0.25) is 4.79 Å². The van der Waals surface area contributed by atoms with Gasteiger partial charge in [-0.1, -0.05) is 59.8 Å². The minimum Gasteiger partial charge on any atom is -0.390 e. The molecule has 0 bridgehead atoms. The number of hydrogen-bond acceptors (Lipinski definition) is 5. The van der Waals surface area contributed by atoms with Crippen LogP contribution in [0, 0.1) is 13.8 Å². The molecule has 0 saturated heterocycles. The molecule has 6 nitrogen and oxygen atoms in total. The van der Waals surface area contributed by atoms with Gasteiger partial charge < -0.3 is 20.1 Å². The Morgan fingerprint density at radius 3 is 2.48 bits per heavy atom. The highest BCUT2D eigenvalue weighted by molar-refractivity contribution is 6.01. The molecule has 0 spiro atoms. The molecule has 3 N–H and O–H groups in total. The van der Waals surface area contributed by atoms with E-state index in [1.165, 1.54) is 0 Å². The Bertz CT molecular complexity index is 1010. The SMILES string of the molecule is Cc1ccccc1C1CC(O)C(O)C1NC(=O)c1c(-c2ccccc2)noc1C. The minimum atomic E-state index is -1.05. The fourth-order valence-corrected chi connectivity index (χ4v) is 4.19. The molecule has 0 radical (unpaired) electrons. The average molecular weight is 392 g/mol. The molecule has 150 valence electrons. The van der Waals surface area contributed by atoms with Crippen LogP contribution in [-0.2, 0) is 0 Å². The van der Waals surface area contributed by atoms with Crippen molar-refractivity contribution in [3.63, 3.8) is 0 Å². The highest BCUT2D eigenvalue weighted by Crippen LogP contribution is 2.37. The molecule has 1 aliphatic carbocycles. The first-order valence-corrected chi connectivity index (χ1v) is 9.71. The highest BCUT2D eigenvalue weighted by Gasteiger charge is 2.44. The maximum Gasteiger partial charge on any atom is 0.257 e. The normalized spacial score (nSPS) is 23.9. The molecule has 3 aromatic rings. The number of benzene rings is 2. The lowest BCUT2D eigenvalue weighted by Crippen LogP contribution is -2.45. The van der Waals surface area contributed by atoms with Crippen LogP contribution in [0.1, 0.15) is 39.6 Å². The first kappa shape index (κ1) is 19.4. The lowest BCUT2D eigenvalue weighted by Gasteiger charge is -2.25. The molecule has 1 heterocycles. The van der Waals surface area contributed by atoms with Gasteiger partial charge in [-0.15, -0.1) is 0 Å². The first-order chi connectivity index (χ1) is 14.0. The lowest BCUT2D eigenvalue weighted by molar-refractivity contribution is 0.0294. The van der Waals surface area contributed by atoms with Gasteiger partial charge in [0.05, 0.1) is 12.1 Å². The fourth-order valence-electron chi connectivity index (χ4n) is 4.19. The van der Waals surface area contributed by atoms with E-state index in [-0.39, 0.29) is 11.8 Å². The first-order valence-electron chi connectivity index (χ1n) is 9.71. The number of rotatable bonds is 4. The van der Waals surface area contributed by atoms with E-state index < -0.39 is 18.2 Å². The summed E-state index contributed by atoms with van der Waals surface area (Å²) in [7, 11) is 0. The zero-order valence-electron chi connectivity index (χ0n) is 16.4. The molecule has 2 aromatic carbocycles. The predicted molar refractivity (Wildman–Crippen MR) is 108 cm³/mol. The second-order valence-corrected chi connectivity index (χ2v) is 7.58. The second kappa shape index (κ2) is 7.81. The number of carbonyl (C=O) groups is 1. The van der Waals surface area contributed by atoms with Crippen LogP contribution < -0.4 is 5.32 Å². The fraction of sp³-hybridized carbons (Fsp3) is 0.304. The van der Waals surface area contributed by atoms with Crippen LogP contribution in [0.25, 0.3) is 11.3 Å². The van der Waals surface area contributed by atoms with Gasteiger partial charge in [0, 0.05) is 11.5 Å². The van der Waals surface area contributed by atoms with Crippen molar-refractivity contribution in [2.45, 2.75) is 44.4 Å². The standard InChI is InChI=1S/C23H24N2O4/c1-13-8-6-7-11-16(13)17-12-18(26)22(27)21(17)24-23(28)19-14(2)29-25-20(19)15-9-4-3-5-10-15/h3-11,17-18,21-22,26-27H,12H2,1-2H3,(H,24,28). The molecule has 6 heteroatoms. The Morgan fingerprint density at radius 1 is 1.07 bits per heavy atom. The van der Waals surface area contributed by atoms with Gasteiger partial charge in [0.15, 0.2) is 0 Å². The maximum atomic E-state index is 13.2. The number of amides is 1. The molecular weight excluding hydrogens is 368 g/mol. The molecular formula is C23H24N2O4. The van der Waals surface area contributed by atoms with E-state index in [0.717, 1.165) is 16.7 Å². The maximum absolute atomic E-state index is 13.2. The Balaban J connectivity index is 1.66. The highest BCUT2D eigenvalue weighted by atomic mass is 16.5. The molecule has 1 aromatic heterocycles. The van der Waals surface area contributed by atoms with E-state index in [4.69, 9.17) is 4.52 Å². The summed E-state index contributed by atoms with van der Waals surface area (Å²) in [5.41, 5.74) is 3.65. The van der Waals surface area contributed by atoms with E-state index in [0.29, 0.717) is 23.4 Å². The van der Waals surface area contributed by atoms with Gasteiger partial charge in [-0.2, -0.15) is 0 Å². The summed E-state index contributed by atoms with van der Waals surface area (Å²) in [5, 5.41) is 27.9. The van der Waals surface area contributed by atoms with Crippen LogP contribution in [0.4, 0.5) is 0 Å². The second-order valence-electron chi connectivity index (χ2n) is 7.58. The average Bonchev–Trinajstić information content (AvgIpc) is 3.24. The van der Waals surface area contributed by atoms with Crippen molar-refractivity contribution in [1.82, 2.24) is 10.5 Å². The van der Waals surface area contributed by atoms with Crippen molar-refractivity contribution in [1.29, 1.82) is 0 Å². The zero-order valence-corrected chi connectivity index (χ0v) is 16.4. The topological polar surface area (TPSA) is 95.6 Å². The summed E-state index contributed by atoms with van der Waals surface area (Å²) in [5.74, 6) is -0.161.